The van der Waals surface area contributed by atoms with Crippen LogP contribution in [0.15, 0.2) is 0 Å². The molecular weight excluding hydrogens is 316 g/mol. The Morgan fingerprint density at radius 1 is 1.04 bits per heavy atom. The van der Waals surface area contributed by atoms with Crippen LogP contribution < -0.4 is 16.4 Å². The van der Waals surface area contributed by atoms with E-state index in [1.807, 2.05) is 6.92 Å². The molecule has 0 bridgehead atoms. The molecule has 1 heterocycles. The standard InChI is InChI=1S/C18H30N6O/c1-11-4-3-5-13(10-11)16(25)22-14-6-8-15(9-7-14)23-18-21-12(2)20-17(19)24-18/h11,13-15H,3-10H2,1-2H3,(H,22,25)(H3,19,20,21,23,24). The van der Waals surface area contributed by atoms with Crippen LogP contribution in [0.25, 0.3) is 0 Å². The van der Waals surface area contributed by atoms with Crippen LogP contribution >= 0.6 is 0 Å². The Balaban J connectivity index is 1.44. The van der Waals surface area contributed by atoms with Crippen LogP contribution in [0, 0.1) is 18.8 Å². The Labute approximate surface area is 149 Å². The van der Waals surface area contributed by atoms with Crippen molar-refractivity contribution < 1.29 is 4.79 Å². The molecule has 138 valence electrons. The quantitative estimate of drug-likeness (QED) is 0.773. The van der Waals surface area contributed by atoms with Crippen molar-refractivity contribution in [1.29, 1.82) is 0 Å². The van der Waals surface area contributed by atoms with E-state index in [0.29, 0.717) is 29.8 Å². The van der Waals surface area contributed by atoms with Crippen LogP contribution in [0.4, 0.5) is 11.9 Å². The molecule has 25 heavy (non-hydrogen) atoms. The van der Waals surface area contributed by atoms with Crippen LogP contribution in [0.2, 0.25) is 0 Å². The summed E-state index contributed by atoms with van der Waals surface area (Å²) in [5.41, 5.74) is 5.67. The third-order valence-corrected chi connectivity index (χ3v) is 5.48. The fraction of sp³-hybridized carbons (Fsp3) is 0.778. The molecule has 2 aliphatic rings. The van der Waals surface area contributed by atoms with Crippen molar-refractivity contribution in [3.63, 3.8) is 0 Å². The second-order valence-electron chi connectivity index (χ2n) is 7.73. The minimum atomic E-state index is 0.218. The first-order chi connectivity index (χ1) is 12.0. The summed E-state index contributed by atoms with van der Waals surface area (Å²) in [4.78, 5) is 24.9. The predicted octanol–water partition coefficient (Wildman–Crippen LogP) is 2.43. The van der Waals surface area contributed by atoms with Crippen molar-refractivity contribution in [2.24, 2.45) is 11.8 Å². The van der Waals surface area contributed by atoms with Gasteiger partial charge in [-0.05, 0) is 51.4 Å². The summed E-state index contributed by atoms with van der Waals surface area (Å²) in [5, 5.41) is 6.63. The number of rotatable bonds is 4. The second-order valence-corrected chi connectivity index (χ2v) is 7.73. The zero-order valence-electron chi connectivity index (χ0n) is 15.3. The number of aryl methyl sites for hydroxylation is 1. The highest BCUT2D eigenvalue weighted by atomic mass is 16.1. The van der Waals surface area contributed by atoms with Crippen molar-refractivity contribution >= 4 is 17.8 Å². The van der Waals surface area contributed by atoms with E-state index in [1.165, 1.54) is 12.8 Å². The topological polar surface area (TPSA) is 106 Å². The van der Waals surface area contributed by atoms with Gasteiger partial charge >= 0.3 is 0 Å². The number of hydrogen-bond acceptors (Lipinski definition) is 6. The minimum Gasteiger partial charge on any atom is -0.368 e. The summed E-state index contributed by atoms with van der Waals surface area (Å²) in [6.07, 6.45) is 8.52. The van der Waals surface area contributed by atoms with Gasteiger partial charge in [-0.3, -0.25) is 4.79 Å². The highest BCUT2D eigenvalue weighted by molar-refractivity contribution is 5.79. The van der Waals surface area contributed by atoms with Gasteiger partial charge in [0.15, 0.2) is 0 Å². The van der Waals surface area contributed by atoms with Gasteiger partial charge in [0, 0.05) is 18.0 Å². The molecule has 2 fully saturated rings. The number of nitrogens with two attached hydrogens (primary N) is 1. The number of nitrogens with zero attached hydrogens (tertiary/aromatic N) is 3. The first-order valence-corrected chi connectivity index (χ1v) is 9.54. The van der Waals surface area contributed by atoms with Gasteiger partial charge in [0.2, 0.25) is 17.8 Å². The van der Waals surface area contributed by atoms with Gasteiger partial charge in [-0.1, -0.05) is 19.8 Å². The van der Waals surface area contributed by atoms with Crippen LogP contribution in [0.5, 0.6) is 0 Å². The molecule has 2 saturated carbocycles. The number of carbonyl (C=O) groups is 1. The number of nitrogens with one attached hydrogen (secondary N) is 2. The van der Waals surface area contributed by atoms with E-state index in [1.54, 1.807) is 0 Å². The summed E-state index contributed by atoms with van der Waals surface area (Å²) in [6, 6.07) is 0.622. The van der Waals surface area contributed by atoms with E-state index in [-0.39, 0.29) is 17.8 Å². The number of aromatic nitrogens is 3. The first kappa shape index (κ1) is 17.9. The minimum absolute atomic E-state index is 0.218. The number of anilines is 2. The van der Waals surface area contributed by atoms with E-state index in [2.05, 4.69) is 32.5 Å². The van der Waals surface area contributed by atoms with E-state index >= 15 is 0 Å². The van der Waals surface area contributed by atoms with Crippen molar-refractivity contribution in [1.82, 2.24) is 20.3 Å². The molecule has 2 atom stereocenters. The van der Waals surface area contributed by atoms with Crippen molar-refractivity contribution in [2.75, 3.05) is 11.1 Å². The van der Waals surface area contributed by atoms with Gasteiger partial charge in [-0.2, -0.15) is 15.0 Å². The lowest BCUT2D eigenvalue weighted by molar-refractivity contribution is -0.127. The molecule has 0 spiro atoms. The largest absolute Gasteiger partial charge is 0.368 e. The molecule has 0 aliphatic heterocycles. The maximum absolute atomic E-state index is 12.5. The molecule has 0 radical (unpaired) electrons. The average molecular weight is 346 g/mol. The zero-order chi connectivity index (χ0) is 17.8. The molecule has 1 amide bonds. The van der Waals surface area contributed by atoms with Gasteiger partial charge in [0.1, 0.15) is 5.82 Å². The van der Waals surface area contributed by atoms with E-state index in [0.717, 1.165) is 38.5 Å². The SMILES string of the molecule is Cc1nc(N)nc(NC2CCC(NC(=O)C3CCCC(C)C3)CC2)n1. The molecule has 7 heteroatoms. The van der Waals surface area contributed by atoms with E-state index in [9.17, 15) is 4.79 Å². The van der Waals surface area contributed by atoms with Crippen LogP contribution in [-0.2, 0) is 4.79 Å². The number of amides is 1. The normalized spacial score (nSPS) is 29.8. The Bertz CT molecular complexity index is 579. The zero-order valence-corrected chi connectivity index (χ0v) is 15.3. The number of nitrogen functional groups attached to an aromatic ring is 1. The Morgan fingerprint density at radius 3 is 2.44 bits per heavy atom. The van der Waals surface area contributed by atoms with Gasteiger partial charge in [-0.15, -0.1) is 0 Å². The third kappa shape index (κ3) is 5.03. The molecule has 1 aromatic rings. The first-order valence-electron chi connectivity index (χ1n) is 9.54. The van der Waals surface area contributed by atoms with Gasteiger partial charge in [-0.25, -0.2) is 0 Å². The summed E-state index contributed by atoms with van der Waals surface area (Å²) in [6.45, 7) is 4.06. The number of carbonyl (C=O) groups excluding carboxylic acids is 1. The van der Waals surface area contributed by atoms with Gasteiger partial charge in [0.05, 0.1) is 0 Å². The summed E-state index contributed by atoms with van der Waals surface area (Å²) < 4.78 is 0. The lowest BCUT2D eigenvalue weighted by Gasteiger charge is -2.32. The fourth-order valence-corrected chi connectivity index (χ4v) is 4.12. The van der Waals surface area contributed by atoms with Gasteiger partial charge < -0.3 is 16.4 Å². The van der Waals surface area contributed by atoms with E-state index < -0.39 is 0 Å². The Kier molecular flexibility index (Phi) is 5.71. The predicted molar refractivity (Wildman–Crippen MR) is 97.9 cm³/mol. The molecular formula is C18H30N6O. The van der Waals surface area contributed by atoms with Gasteiger partial charge in [0.25, 0.3) is 0 Å². The molecule has 1 aromatic heterocycles. The molecule has 2 aliphatic carbocycles. The summed E-state index contributed by atoms with van der Waals surface area (Å²) in [7, 11) is 0. The summed E-state index contributed by atoms with van der Waals surface area (Å²) in [5.74, 6) is 2.59. The van der Waals surface area contributed by atoms with Crippen molar-refractivity contribution in [3.8, 4) is 0 Å². The molecule has 3 rings (SSSR count). The Hall–Kier alpha value is -1.92. The molecule has 2 unspecified atom stereocenters. The third-order valence-electron chi connectivity index (χ3n) is 5.48. The highest BCUT2D eigenvalue weighted by Crippen LogP contribution is 2.29. The van der Waals surface area contributed by atoms with Crippen molar-refractivity contribution in [3.05, 3.63) is 5.82 Å². The molecule has 4 N–H and O–H groups in total. The molecule has 0 saturated heterocycles. The lowest BCUT2D eigenvalue weighted by Crippen LogP contribution is -2.43. The summed E-state index contributed by atoms with van der Waals surface area (Å²) >= 11 is 0. The molecule has 7 nitrogen and oxygen atoms in total. The van der Waals surface area contributed by atoms with Crippen LogP contribution in [-0.4, -0.2) is 32.9 Å². The maximum atomic E-state index is 12.5. The average Bonchev–Trinajstić information content (AvgIpc) is 2.56. The van der Waals surface area contributed by atoms with Crippen LogP contribution in [0.1, 0.15) is 64.1 Å². The fourth-order valence-electron chi connectivity index (χ4n) is 4.12. The van der Waals surface area contributed by atoms with Crippen LogP contribution in [0.3, 0.4) is 0 Å². The maximum Gasteiger partial charge on any atom is 0.227 e. The number of hydrogen-bond donors (Lipinski definition) is 3. The molecule has 0 aromatic carbocycles. The van der Waals surface area contributed by atoms with E-state index in [4.69, 9.17) is 5.73 Å². The van der Waals surface area contributed by atoms with Crippen molar-refractivity contribution in [2.45, 2.75) is 77.3 Å². The highest BCUT2D eigenvalue weighted by Gasteiger charge is 2.28. The smallest absolute Gasteiger partial charge is 0.227 e. The second kappa shape index (κ2) is 7.97. The lowest BCUT2D eigenvalue weighted by atomic mass is 9.81. The monoisotopic (exact) mass is 346 g/mol. The Morgan fingerprint density at radius 2 is 1.76 bits per heavy atom.